The number of benzene rings is 2. The zero-order chi connectivity index (χ0) is 29.4. The number of furan rings is 1. The van der Waals surface area contributed by atoms with Crippen LogP contribution in [0, 0.1) is 0 Å². The third-order valence-electron chi connectivity index (χ3n) is 6.53. The summed E-state index contributed by atoms with van der Waals surface area (Å²) in [6, 6.07) is 18.2. The molecule has 4 heterocycles. The fraction of sp³-hybridized carbons (Fsp3) is 0.226. The number of para-hydroxylation sites is 2. The number of esters is 1. The third kappa shape index (κ3) is 5.45. The van der Waals surface area contributed by atoms with E-state index in [9.17, 15) is 9.59 Å². The summed E-state index contributed by atoms with van der Waals surface area (Å²) < 4.78 is 19.2. The second kappa shape index (κ2) is 11.5. The molecule has 2 aromatic carbocycles. The standard InChI is InChI=1S/C31H28N4O5S2/c1-5-38-29(37)26-18(4)32-31-35(27(26)19-10-12-20(13-11-19)39-17(2)3)28(36)24(41-31)16-21-14-15-25(40-21)42-30-33-22-8-6-7-9-23(22)34-30/h6-17,27H,5H2,1-4H3,(H,33,34)/b24-16+/t27-/m0/s1. The maximum absolute atomic E-state index is 13.9. The summed E-state index contributed by atoms with van der Waals surface area (Å²) in [6.45, 7) is 7.63. The fourth-order valence-corrected chi connectivity index (χ4v) is 6.57. The van der Waals surface area contributed by atoms with Crippen molar-refractivity contribution in [2.75, 3.05) is 6.61 Å². The lowest BCUT2D eigenvalue weighted by atomic mass is 9.96. The molecule has 3 aromatic heterocycles. The molecule has 1 atom stereocenters. The maximum atomic E-state index is 13.9. The number of rotatable bonds is 8. The molecule has 1 N–H and O–H groups in total. The SMILES string of the molecule is CCOC(=O)C1=C(C)N=c2s/c(=C/c3ccc(Sc4nc5ccccc5[nH]4)o3)c(=O)n2[C@H]1c1ccc(OC(C)C)cc1. The molecule has 0 bridgehead atoms. The van der Waals surface area contributed by atoms with Gasteiger partial charge in [0.25, 0.3) is 5.56 Å². The number of fused-ring (bicyclic) bond motifs is 2. The highest BCUT2D eigenvalue weighted by molar-refractivity contribution is 7.99. The lowest BCUT2D eigenvalue weighted by molar-refractivity contribution is -0.139. The summed E-state index contributed by atoms with van der Waals surface area (Å²) in [5, 5.41) is 1.35. The number of nitrogens with one attached hydrogen (secondary N) is 1. The second-order valence-corrected chi connectivity index (χ2v) is 11.9. The van der Waals surface area contributed by atoms with E-state index in [2.05, 4.69) is 15.0 Å². The van der Waals surface area contributed by atoms with Gasteiger partial charge in [0, 0.05) is 6.08 Å². The first-order chi connectivity index (χ1) is 20.3. The van der Waals surface area contributed by atoms with Gasteiger partial charge in [-0.2, -0.15) is 0 Å². The molecule has 9 nitrogen and oxygen atoms in total. The average molecular weight is 601 g/mol. The summed E-state index contributed by atoms with van der Waals surface area (Å²) in [5.74, 6) is 0.722. The number of carbonyl (C=O) groups is 1. The number of nitrogens with zero attached hydrogens (tertiary/aromatic N) is 3. The average Bonchev–Trinajstić information content (AvgIpc) is 3.65. The molecular formula is C31H28N4O5S2. The fourth-order valence-electron chi connectivity index (χ4n) is 4.78. The Bertz CT molecular complexity index is 1960. The van der Waals surface area contributed by atoms with Crippen molar-refractivity contribution in [2.24, 2.45) is 4.99 Å². The summed E-state index contributed by atoms with van der Waals surface area (Å²) >= 11 is 2.61. The lowest BCUT2D eigenvalue weighted by Crippen LogP contribution is -2.39. The minimum Gasteiger partial charge on any atom is -0.491 e. The van der Waals surface area contributed by atoms with Crippen molar-refractivity contribution >= 4 is 46.2 Å². The number of thiazole rings is 1. The molecule has 0 amide bonds. The van der Waals surface area contributed by atoms with Crippen molar-refractivity contribution < 1.29 is 18.7 Å². The maximum Gasteiger partial charge on any atom is 0.338 e. The van der Waals surface area contributed by atoms with Crippen LogP contribution < -0.4 is 19.6 Å². The summed E-state index contributed by atoms with van der Waals surface area (Å²) in [5.41, 5.74) is 3.14. The molecule has 6 rings (SSSR count). The Balaban J connectivity index is 1.37. The van der Waals surface area contributed by atoms with Gasteiger partial charge in [0.2, 0.25) is 0 Å². The van der Waals surface area contributed by atoms with Gasteiger partial charge >= 0.3 is 5.97 Å². The first kappa shape index (κ1) is 27.8. The molecule has 5 aromatic rings. The Hall–Kier alpha value is -4.35. The highest BCUT2D eigenvalue weighted by Crippen LogP contribution is 2.32. The van der Waals surface area contributed by atoms with E-state index in [1.807, 2.05) is 74.5 Å². The van der Waals surface area contributed by atoms with Crippen LogP contribution in [0.3, 0.4) is 0 Å². The minimum atomic E-state index is -0.702. The predicted octanol–water partition coefficient (Wildman–Crippen LogP) is 5.21. The van der Waals surface area contributed by atoms with Crippen molar-refractivity contribution in [1.29, 1.82) is 0 Å². The molecule has 214 valence electrons. The topological polar surface area (TPSA) is 112 Å². The summed E-state index contributed by atoms with van der Waals surface area (Å²) in [4.78, 5) is 40.0. The highest BCUT2D eigenvalue weighted by Gasteiger charge is 2.33. The number of aromatic amines is 1. The molecular weight excluding hydrogens is 572 g/mol. The zero-order valence-electron chi connectivity index (χ0n) is 23.4. The first-order valence-corrected chi connectivity index (χ1v) is 15.1. The molecule has 1 aliphatic rings. The number of carbonyl (C=O) groups excluding carboxylic acids is 1. The van der Waals surface area contributed by atoms with Crippen LogP contribution in [0.5, 0.6) is 5.75 Å². The van der Waals surface area contributed by atoms with Crippen LogP contribution >= 0.6 is 23.1 Å². The van der Waals surface area contributed by atoms with E-state index in [1.54, 1.807) is 24.5 Å². The Kier molecular flexibility index (Phi) is 7.61. The molecule has 42 heavy (non-hydrogen) atoms. The number of allylic oxidation sites excluding steroid dienone is 1. The minimum absolute atomic E-state index is 0.0185. The van der Waals surface area contributed by atoms with E-state index < -0.39 is 12.0 Å². The monoisotopic (exact) mass is 600 g/mol. The van der Waals surface area contributed by atoms with Crippen LogP contribution in [0.2, 0.25) is 0 Å². The van der Waals surface area contributed by atoms with E-state index in [-0.39, 0.29) is 18.3 Å². The zero-order valence-corrected chi connectivity index (χ0v) is 25.0. The molecule has 1 aliphatic heterocycles. The molecule has 0 spiro atoms. The van der Waals surface area contributed by atoms with Crippen LogP contribution in [0.25, 0.3) is 17.1 Å². The van der Waals surface area contributed by atoms with Crippen molar-refractivity contribution in [3.63, 3.8) is 0 Å². The summed E-state index contributed by atoms with van der Waals surface area (Å²) in [7, 11) is 0. The molecule has 0 fully saturated rings. The molecule has 0 saturated carbocycles. The van der Waals surface area contributed by atoms with Crippen molar-refractivity contribution in [1.82, 2.24) is 14.5 Å². The molecule has 0 radical (unpaired) electrons. The van der Waals surface area contributed by atoms with E-state index in [0.717, 1.165) is 16.6 Å². The second-order valence-electron chi connectivity index (χ2n) is 9.86. The number of H-pyrrole nitrogens is 1. The Morgan fingerprint density at radius 1 is 1.17 bits per heavy atom. The number of imidazole rings is 1. The third-order valence-corrected chi connectivity index (χ3v) is 8.32. The first-order valence-electron chi connectivity index (χ1n) is 13.5. The quantitative estimate of drug-likeness (QED) is 0.244. The van der Waals surface area contributed by atoms with Gasteiger partial charge in [0.15, 0.2) is 15.1 Å². The highest BCUT2D eigenvalue weighted by atomic mass is 32.2. The lowest BCUT2D eigenvalue weighted by Gasteiger charge is -2.25. The largest absolute Gasteiger partial charge is 0.491 e. The predicted molar refractivity (Wildman–Crippen MR) is 162 cm³/mol. The van der Waals surface area contributed by atoms with Gasteiger partial charge in [-0.3, -0.25) is 9.36 Å². The van der Waals surface area contributed by atoms with Crippen LogP contribution in [-0.4, -0.2) is 33.2 Å². The Morgan fingerprint density at radius 2 is 1.95 bits per heavy atom. The van der Waals surface area contributed by atoms with Gasteiger partial charge in [-0.05, 0) is 81.4 Å². The van der Waals surface area contributed by atoms with Gasteiger partial charge in [-0.25, -0.2) is 14.8 Å². The van der Waals surface area contributed by atoms with Crippen LogP contribution in [0.1, 0.15) is 45.1 Å². The number of hydrogen-bond acceptors (Lipinski definition) is 9. The van der Waals surface area contributed by atoms with Crippen LogP contribution in [-0.2, 0) is 9.53 Å². The normalized spacial score (nSPS) is 15.3. The number of ether oxygens (including phenoxy) is 2. The van der Waals surface area contributed by atoms with E-state index in [1.165, 1.54) is 23.1 Å². The summed E-state index contributed by atoms with van der Waals surface area (Å²) in [6.07, 6.45) is 1.72. The molecule has 0 unspecified atom stereocenters. The van der Waals surface area contributed by atoms with Gasteiger partial charge < -0.3 is 18.9 Å². The van der Waals surface area contributed by atoms with E-state index in [4.69, 9.17) is 13.9 Å². The molecule has 0 aliphatic carbocycles. The van der Waals surface area contributed by atoms with Crippen molar-refractivity contribution in [3.05, 3.63) is 103 Å². The number of hydrogen-bond donors (Lipinski definition) is 1. The van der Waals surface area contributed by atoms with Crippen molar-refractivity contribution in [2.45, 2.75) is 50.1 Å². The van der Waals surface area contributed by atoms with Crippen LogP contribution in [0.15, 0.2) is 96.4 Å². The van der Waals surface area contributed by atoms with Gasteiger partial charge in [0.05, 0.1) is 45.6 Å². The Morgan fingerprint density at radius 3 is 2.69 bits per heavy atom. The van der Waals surface area contributed by atoms with E-state index >= 15 is 0 Å². The smallest absolute Gasteiger partial charge is 0.338 e. The Labute approximate surface area is 249 Å². The van der Waals surface area contributed by atoms with E-state index in [0.29, 0.717) is 42.4 Å². The molecule has 0 saturated heterocycles. The number of aromatic nitrogens is 3. The van der Waals surface area contributed by atoms with Gasteiger partial charge in [0.1, 0.15) is 11.5 Å². The van der Waals surface area contributed by atoms with Crippen molar-refractivity contribution in [3.8, 4) is 5.75 Å². The molecule has 11 heteroatoms. The van der Waals surface area contributed by atoms with Gasteiger partial charge in [-0.1, -0.05) is 35.6 Å². The van der Waals surface area contributed by atoms with Gasteiger partial charge in [-0.15, -0.1) is 0 Å². The van der Waals surface area contributed by atoms with Crippen LogP contribution in [0.4, 0.5) is 0 Å².